The number of likely N-dealkylation sites (tertiary alicyclic amines) is 1. The first-order chi connectivity index (χ1) is 11.6. The molecule has 2 aliphatic rings. The molecule has 1 aromatic carbocycles. The second-order valence-corrected chi connectivity index (χ2v) is 6.94. The van der Waals surface area contributed by atoms with Crippen LogP contribution in [0.5, 0.6) is 11.5 Å². The van der Waals surface area contributed by atoms with Gasteiger partial charge in [0.25, 0.3) is 5.24 Å². The number of amides is 2. The number of methoxy groups -OCH3 is 2. The molecule has 2 heterocycles. The van der Waals surface area contributed by atoms with Gasteiger partial charge in [0.1, 0.15) is 6.54 Å². The van der Waals surface area contributed by atoms with E-state index in [0.717, 1.165) is 30.7 Å². The monoisotopic (exact) mass is 350 g/mol. The lowest BCUT2D eigenvalue weighted by Gasteiger charge is -2.27. The van der Waals surface area contributed by atoms with Gasteiger partial charge in [-0.1, -0.05) is 17.8 Å². The first kappa shape index (κ1) is 17.0. The summed E-state index contributed by atoms with van der Waals surface area (Å²) in [7, 11) is 3.21. The highest BCUT2D eigenvalue weighted by Gasteiger charge is 2.33. The van der Waals surface area contributed by atoms with Crippen molar-refractivity contribution in [3.05, 3.63) is 23.8 Å². The van der Waals surface area contributed by atoms with Gasteiger partial charge in [0, 0.05) is 18.8 Å². The molecule has 2 aliphatic heterocycles. The molecule has 3 rings (SSSR count). The number of rotatable bonds is 5. The number of thioether (sulfide) groups is 1. The van der Waals surface area contributed by atoms with Gasteiger partial charge in [-0.2, -0.15) is 0 Å². The van der Waals surface area contributed by atoms with Gasteiger partial charge >= 0.3 is 0 Å². The van der Waals surface area contributed by atoms with Crippen molar-refractivity contribution >= 4 is 22.9 Å². The third kappa shape index (κ3) is 3.31. The van der Waals surface area contributed by atoms with Crippen LogP contribution in [0.25, 0.3) is 0 Å². The highest BCUT2D eigenvalue weighted by atomic mass is 32.2. The van der Waals surface area contributed by atoms with Crippen LogP contribution < -0.4 is 9.47 Å². The van der Waals surface area contributed by atoms with E-state index in [1.807, 2.05) is 23.1 Å². The third-order valence-corrected chi connectivity index (χ3v) is 5.43. The fourth-order valence-electron chi connectivity index (χ4n) is 3.30. The van der Waals surface area contributed by atoms with Gasteiger partial charge < -0.3 is 19.3 Å². The van der Waals surface area contributed by atoms with Crippen LogP contribution in [0.4, 0.5) is 4.79 Å². The summed E-state index contributed by atoms with van der Waals surface area (Å²) in [5.74, 6) is 2.13. The van der Waals surface area contributed by atoms with Crippen LogP contribution >= 0.6 is 11.8 Å². The van der Waals surface area contributed by atoms with Crippen molar-refractivity contribution < 1.29 is 19.1 Å². The third-order valence-electron chi connectivity index (χ3n) is 4.54. The van der Waals surface area contributed by atoms with E-state index < -0.39 is 0 Å². The molecule has 2 saturated heterocycles. The van der Waals surface area contributed by atoms with Crippen molar-refractivity contribution in [1.82, 2.24) is 9.80 Å². The van der Waals surface area contributed by atoms with Gasteiger partial charge in [-0.15, -0.1) is 0 Å². The summed E-state index contributed by atoms with van der Waals surface area (Å²) in [6, 6.07) is 5.82. The van der Waals surface area contributed by atoms with Gasteiger partial charge in [-0.25, -0.2) is 0 Å². The highest BCUT2D eigenvalue weighted by Crippen LogP contribution is 2.37. The molecule has 0 aromatic heterocycles. The Morgan fingerprint density at radius 2 is 2.04 bits per heavy atom. The van der Waals surface area contributed by atoms with E-state index in [9.17, 15) is 9.59 Å². The summed E-state index contributed by atoms with van der Waals surface area (Å²) in [5, 5.41) is 0.00483. The van der Waals surface area contributed by atoms with Crippen LogP contribution in [0.3, 0.4) is 0 Å². The molecule has 2 fully saturated rings. The molecule has 0 N–H and O–H groups in total. The minimum absolute atomic E-state index is 0.00483. The molecule has 1 aromatic rings. The second kappa shape index (κ2) is 7.34. The molecule has 0 unspecified atom stereocenters. The second-order valence-electron chi connectivity index (χ2n) is 5.90. The largest absolute Gasteiger partial charge is 0.493 e. The Morgan fingerprint density at radius 3 is 2.71 bits per heavy atom. The van der Waals surface area contributed by atoms with Crippen LogP contribution in [0.1, 0.15) is 24.4 Å². The van der Waals surface area contributed by atoms with Gasteiger partial charge in [0.2, 0.25) is 5.91 Å². The lowest BCUT2D eigenvalue weighted by molar-refractivity contribution is -0.132. The van der Waals surface area contributed by atoms with Crippen molar-refractivity contribution in [2.45, 2.75) is 18.9 Å². The van der Waals surface area contributed by atoms with Crippen molar-refractivity contribution in [3.8, 4) is 11.5 Å². The van der Waals surface area contributed by atoms with E-state index in [-0.39, 0.29) is 23.7 Å². The molecule has 130 valence electrons. The highest BCUT2D eigenvalue weighted by molar-refractivity contribution is 8.13. The number of nitrogens with zero attached hydrogens (tertiary/aromatic N) is 2. The molecule has 0 aliphatic carbocycles. The Labute approximate surface area is 146 Å². The molecule has 24 heavy (non-hydrogen) atoms. The van der Waals surface area contributed by atoms with Crippen LogP contribution in [-0.4, -0.2) is 60.6 Å². The minimum atomic E-state index is 0.00483. The molecule has 0 bridgehead atoms. The number of carbonyl (C=O) groups is 2. The summed E-state index contributed by atoms with van der Waals surface area (Å²) in [4.78, 5) is 27.9. The Kier molecular flexibility index (Phi) is 5.18. The van der Waals surface area contributed by atoms with Crippen LogP contribution in [0.15, 0.2) is 18.2 Å². The summed E-state index contributed by atoms with van der Waals surface area (Å²) in [6.45, 7) is 1.56. The maximum absolute atomic E-state index is 12.7. The maximum Gasteiger partial charge on any atom is 0.282 e. The van der Waals surface area contributed by atoms with Crippen LogP contribution in [-0.2, 0) is 4.79 Å². The summed E-state index contributed by atoms with van der Waals surface area (Å²) in [6.07, 6.45) is 1.89. The summed E-state index contributed by atoms with van der Waals surface area (Å²) >= 11 is 1.28. The minimum Gasteiger partial charge on any atom is -0.493 e. The summed E-state index contributed by atoms with van der Waals surface area (Å²) in [5.41, 5.74) is 1.04. The first-order valence-corrected chi connectivity index (χ1v) is 9.05. The number of hydrogen-bond donors (Lipinski definition) is 0. The molecule has 6 nitrogen and oxygen atoms in total. The normalized spacial score (nSPS) is 20.6. The number of ether oxygens (including phenoxy) is 2. The molecular weight excluding hydrogens is 328 g/mol. The average Bonchev–Trinajstić information content (AvgIpc) is 3.23. The molecular formula is C17H22N2O4S. The zero-order chi connectivity index (χ0) is 17.1. The lowest BCUT2D eigenvalue weighted by Crippen LogP contribution is -2.40. The SMILES string of the molecule is COc1ccc([C@H]2CCCN2C(=O)CN2CCSC2=O)cc1OC. The Bertz CT molecular complexity index is 637. The molecule has 2 amide bonds. The van der Waals surface area contributed by atoms with Crippen molar-refractivity contribution in [2.24, 2.45) is 0 Å². The van der Waals surface area contributed by atoms with E-state index in [4.69, 9.17) is 9.47 Å². The van der Waals surface area contributed by atoms with E-state index in [0.29, 0.717) is 18.0 Å². The van der Waals surface area contributed by atoms with E-state index in [1.165, 1.54) is 11.8 Å². The Morgan fingerprint density at radius 1 is 1.25 bits per heavy atom. The van der Waals surface area contributed by atoms with Crippen molar-refractivity contribution in [2.75, 3.05) is 39.6 Å². The summed E-state index contributed by atoms with van der Waals surface area (Å²) < 4.78 is 10.6. The van der Waals surface area contributed by atoms with Crippen molar-refractivity contribution in [3.63, 3.8) is 0 Å². The Hall–Kier alpha value is -1.89. The average molecular weight is 350 g/mol. The van der Waals surface area contributed by atoms with E-state index in [1.54, 1.807) is 19.1 Å². The topological polar surface area (TPSA) is 59.1 Å². The number of benzene rings is 1. The molecule has 0 spiro atoms. The van der Waals surface area contributed by atoms with Gasteiger partial charge in [-0.3, -0.25) is 9.59 Å². The quantitative estimate of drug-likeness (QED) is 0.817. The maximum atomic E-state index is 12.7. The zero-order valence-corrected chi connectivity index (χ0v) is 14.8. The van der Waals surface area contributed by atoms with E-state index in [2.05, 4.69) is 0 Å². The number of hydrogen-bond acceptors (Lipinski definition) is 5. The van der Waals surface area contributed by atoms with Crippen LogP contribution in [0.2, 0.25) is 0 Å². The van der Waals surface area contributed by atoms with Gasteiger partial charge in [0.15, 0.2) is 11.5 Å². The predicted molar refractivity (Wildman–Crippen MR) is 92.7 cm³/mol. The molecule has 1 atom stereocenters. The first-order valence-electron chi connectivity index (χ1n) is 8.07. The molecule has 0 saturated carbocycles. The van der Waals surface area contributed by atoms with Gasteiger partial charge in [0.05, 0.1) is 20.3 Å². The molecule has 0 radical (unpaired) electrons. The predicted octanol–water partition coefficient (Wildman–Crippen LogP) is 2.54. The smallest absolute Gasteiger partial charge is 0.282 e. The zero-order valence-electron chi connectivity index (χ0n) is 14.0. The van der Waals surface area contributed by atoms with Gasteiger partial charge in [-0.05, 0) is 30.5 Å². The molecule has 7 heteroatoms. The fraction of sp³-hybridized carbons (Fsp3) is 0.529. The standard InChI is InChI=1S/C17H22N2O4S/c1-22-14-6-5-12(10-15(14)23-2)13-4-3-7-19(13)16(20)11-18-8-9-24-17(18)21/h5-6,10,13H,3-4,7-9,11H2,1-2H3/t13-/m1/s1. The van der Waals surface area contributed by atoms with Crippen molar-refractivity contribution in [1.29, 1.82) is 0 Å². The van der Waals surface area contributed by atoms with Crippen LogP contribution in [0, 0.1) is 0 Å². The fourth-order valence-corrected chi connectivity index (χ4v) is 4.12. The Balaban J connectivity index is 1.75. The van der Waals surface area contributed by atoms with E-state index >= 15 is 0 Å². The lowest BCUT2D eigenvalue weighted by atomic mass is 10.0. The number of carbonyl (C=O) groups excluding carboxylic acids is 2.